The molecule has 1 heterocycles. The van der Waals surface area contributed by atoms with Gasteiger partial charge in [-0.25, -0.2) is 0 Å². The van der Waals surface area contributed by atoms with Crippen LogP contribution in [0.3, 0.4) is 0 Å². The number of nitrogens with zero attached hydrogens (tertiary/aromatic N) is 1. The van der Waals surface area contributed by atoms with E-state index < -0.39 is 10.2 Å². The molecule has 1 aromatic rings. The fourth-order valence-electron chi connectivity index (χ4n) is 2.02. The first-order valence-electron chi connectivity index (χ1n) is 6.14. The van der Waals surface area contributed by atoms with Crippen molar-refractivity contribution >= 4 is 31.8 Å². The van der Waals surface area contributed by atoms with E-state index in [0.29, 0.717) is 29.0 Å². The summed E-state index contributed by atoms with van der Waals surface area (Å²) in [5.41, 5.74) is 0.491. The minimum atomic E-state index is -3.49. The molecule has 1 aliphatic heterocycles. The predicted octanol–water partition coefficient (Wildman–Crippen LogP) is 2.60. The van der Waals surface area contributed by atoms with E-state index in [0.717, 1.165) is 19.3 Å². The second kappa shape index (κ2) is 6.11. The number of ether oxygens (including phenoxy) is 1. The average molecular weight is 349 g/mol. The van der Waals surface area contributed by atoms with Gasteiger partial charge in [0.05, 0.1) is 12.8 Å². The van der Waals surface area contributed by atoms with Crippen molar-refractivity contribution in [2.45, 2.75) is 19.3 Å². The minimum absolute atomic E-state index is 0.491. The van der Waals surface area contributed by atoms with Crippen LogP contribution < -0.4 is 9.46 Å². The van der Waals surface area contributed by atoms with Gasteiger partial charge in [-0.1, -0.05) is 6.42 Å². The summed E-state index contributed by atoms with van der Waals surface area (Å²) in [6.45, 7) is 1.16. The van der Waals surface area contributed by atoms with Crippen LogP contribution in [-0.4, -0.2) is 32.9 Å². The molecule has 1 aliphatic rings. The molecule has 0 aromatic heterocycles. The van der Waals surface area contributed by atoms with E-state index in [1.807, 2.05) is 0 Å². The van der Waals surface area contributed by atoms with Crippen molar-refractivity contribution in [1.82, 2.24) is 4.31 Å². The Labute approximate surface area is 122 Å². The van der Waals surface area contributed by atoms with Gasteiger partial charge in [0.2, 0.25) is 0 Å². The van der Waals surface area contributed by atoms with Crippen molar-refractivity contribution in [1.29, 1.82) is 0 Å². The molecule has 0 spiro atoms. The summed E-state index contributed by atoms with van der Waals surface area (Å²) in [5, 5.41) is 0. The molecular formula is C12H17BrN2O3S. The molecular weight excluding hydrogens is 332 g/mol. The van der Waals surface area contributed by atoms with Crippen LogP contribution in [0.1, 0.15) is 19.3 Å². The third-order valence-corrected chi connectivity index (χ3v) is 5.28. The third kappa shape index (κ3) is 3.61. The summed E-state index contributed by atoms with van der Waals surface area (Å²) in [6.07, 6.45) is 2.93. The molecule has 0 unspecified atom stereocenters. The Kier molecular flexibility index (Phi) is 4.70. The van der Waals surface area contributed by atoms with Gasteiger partial charge in [0.15, 0.2) is 0 Å². The van der Waals surface area contributed by atoms with E-state index in [-0.39, 0.29) is 0 Å². The molecule has 7 heteroatoms. The van der Waals surface area contributed by atoms with Crippen LogP contribution in [-0.2, 0) is 10.2 Å². The third-order valence-electron chi connectivity index (χ3n) is 3.07. The van der Waals surface area contributed by atoms with Gasteiger partial charge >= 0.3 is 10.2 Å². The van der Waals surface area contributed by atoms with Gasteiger partial charge in [0.25, 0.3) is 0 Å². The molecule has 19 heavy (non-hydrogen) atoms. The molecule has 0 aliphatic carbocycles. The lowest BCUT2D eigenvalue weighted by molar-refractivity contribution is 0.349. The Balaban J connectivity index is 2.19. The summed E-state index contributed by atoms with van der Waals surface area (Å²) in [6, 6.07) is 5.18. The van der Waals surface area contributed by atoms with Gasteiger partial charge < -0.3 is 4.74 Å². The van der Waals surface area contributed by atoms with Crippen molar-refractivity contribution in [2.24, 2.45) is 0 Å². The van der Waals surface area contributed by atoms with E-state index in [9.17, 15) is 8.42 Å². The molecule has 0 atom stereocenters. The van der Waals surface area contributed by atoms with Crippen molar-refractivity contribution in [3.8, 4) is 5.75 Å². The predicted molar refractivity (Wildman–Crippen MR) is 78.7 cm³/mol. The molecule has 5 nitrogen and oxygen atoms in total. The summed E-state index contributed by atoms with van der Waals surface area (Å²) < 4.78 is 34.4. The quantitative estimate of drug-likeness (QED) is 0.909. The fraction of sp³-hybridized carbons (Fsp3) is 0.500. The van der Waals surface area contributed by atoms with E-state index in [2.05, 4.69) is 20.7 Å². The smallest absolute Gasteiger partial charge is 0.301 e. The number of hydrogen-bond donors (Lipinski definition) is 1. The first-order chi connectivity index (χ1) is 9.03. The maximum Gasteiger partial charge on any atom is 0.301 e. The molecule has 1 N–H and O–H groups in total. The van der Waals surface area contributed by atoms with E-state index >= 15 is 0 Å². The molecule has 0 radical (unpaired) electrons. The number of benzene rings is 1. The Morgan fingerprint density at radius 3 is 2.58 bits per heavy atom. The van der Waals surface area contributed by atoms with Crippen molar-refractivity contribution in [3.63, 3.8) is 0 Å². The molecule has 106 valence electrons. The largest absolute Gasteiger partial charge is 0.497 e. The Morgan fingerprint density at radius 2 is 1.95 bits per heavy atom. The average Bonchev–Trinajstić information content (AvgIpc) is 2.42. The van der Waals surface area contributed by atoms with Crippen molar-refractivity contribution < 1.29 is 13.2 Å². The van der Waals surface area contributed by atoms with Crippen LogP contribution in [0, 0.1) is 0 Å². The lowest BCUT2D eigenvalue weighted by Gasteiger charge is -2.26. The Bertz CT molecular complexity index is 542. The van der Waals surface area contributed by atoms with Crippen LogP contribution in [0.15, 0.2) is 22.7 Å². The number of anilines is 1. The molecule has 1 aromatic carbocycles. The van der Waals surface area contributed by atoms with Crippen molar-refractivity contribution in [3.05, 3.63) is 22.7 Å². The zero-order valence-electron chi connectivity index (χ0n) is 10.7. The van der Waals surface area contributed by atoms with Crippen LogP contribution in [0.4, 0.5) is 5.69 Å². The van der Waals surface area contributed by atoms with Crippen molar-refractivity contribution in [2.75, 3.05) is 24.9 Å². The van der Waals surface area contributed by atoms with Gasteiger partial charge in [0, 0.05) is 23.6 Å². The topological polar surface area (TPSA) is 58.6 Å². The normalized spacial score (nSPS) is 17.2. The van der Waals surface area contributed by atoms with Gasteiger partial charge in [-0.3, -0.25) is 4.72 Å². The summed E-state index contributed by atoms with van der Waals surface area (Å²) >= 11 is 3.34. The summed E-state index contributed by atoms with van der Waals surface area (Å²) in [5.74, 6) is 0.611. The number of piperidine rings is 1. The number of nitrogens with one attached hydrogen (secondary N) is 1. The lowest BCUT2D eigenvalue weighted by Crippen LogP contribution is -2.39. The zero-order chi connectivity index (χ0) is 13.9. The summed E-state index contributed by atoms with van der Waals surface area (Å²) in [7, 11) is -1.94. The lowest BCUT2D eigenvalue weighted by atomic mass is 10.2. The van der Waals surface area contributed by atoms with E-state index in [4.69, 9.17) is 4.74 Å². The summed E-state index contributed by atoms with van der Waals surface area (Å²) in [4.78, 5) is 0. The maximum absolute atomic E-state index is 12.3. The Morgan fingerprint density at radius 1 is 1.26 bits per heavy atom. The first kappa shape index (κ1) is 14.6. The van der Waals surface area contributed by atoms with Crippen LogP contribution in [0.5, 0.6) is 5.75 Å². The van der Waals surface area contributed by atoms with E-state index in [1.54, 1.807) is 25.3 Å². The highest BCUT2D eigenvalue weighted by Crippen LogP contribution is 2.28. The second-order valence-corrected chi connectivity index (χ2v) is 6.94. The van der Waals surface area contributed by atoms with Crippen LogP contribution in [0.25, 0.3) is 0 Å². The van der Waals surface area contributed by atoms with Gasteiger partial charge in [0.1, 0.15) is 5.75 Å². The van der Waals surface area contributed by atoms with Gasteiger partial charge in [-0.15, -0.1) is 0 Å². The monoisotopic (exact) mass is 348 g/mol. The van der Waals surface area contributed by atoms with Crippen LogP contribution in [0.2, 0.25) is 0 Å². The molecule has 2 rings (SSSR count). The Hall–Kier alpha value is -0.790. The first-order valence-corrected chi connectivity index (χ1v) is 8.37. The SMILES string of the molecule is COc1ccc(Br)c(NS(=O)(=O)N2CCCCC2)c1. The molecule has 1 fully saturated rings. The highest BCUT2D eigenvalue weighted by atomic mass is 79.9. The van der Waals surface area contributed by atoms with Gasteiger partial charge in [-0.05, 0) is 40.9 Å². The number of methoxy groups -OCH3 is 1. The fourth-order valence-corrected chi connectivity index (χ4v) is 3.81. The molecule has 1 saturated heterocycles. The number of rotatable bonds is 4. The minimum Gasteiger partial charge on any atom is -0.497 e. The molecule has 0 amide bonds. The molecule has 0 saturated carbocycles. The molecule has 0 bridgehead atoms. The maximum atomic E-state index is 12.3. The standard InChI is InChI=1S/C12H17BrN2O3S/c1-18-10-5-6-11(13)12(9-10)14-19(16,17)15-7-3-2-4-8-15/h5-6,9,14H,2-4,7-8H2,1H3. The zero-order valence-corrected chi connectivity index (χ0v) is 13.1. The highest BCUT2D eigenvalue weighted by molar-refractivity contribution is 9.10. The van der Waals surface area contributed by atoms with E-state index in [1.165, 1.54) is 4.31 Å². The number of halogens is 1. The van der Waals surface area contributed by atoms with Gasteiger partial charge in [-0.2, -0.15) is 12.7 Å². The van der Waals surface area contributed by atoms with Crippen LogP contribution >= 0.6 is 15.9 Å². The second-order valence-electron chi connectivity index (χ2n) is 4.41. The highest BCUT2D eigenvalue weighted by Gasteiger charge is 2.24. The number of hydrogen-bond acceptors (Lipinski definition) is 3.